The molecule has 0 fully saturated rings. The van der Waals surface area contributed by atoms with E-state index < -0.39 is 26.7 Å². The number of pyridine rings is 1. The lowest BCUT2D eigenvalue weighted by Gasteiger charge is -2.15. The van der Waals surface area contributed by atoms with Crippen molar-refractivity contribution < 1.29 is 21.6 Å². The summed E-state index contributed by atoms with van der Waals surface area (Å²) in [6.45, 7) is 1.78. The van der Waals surface area contributed by atoms with Gasteiger partial charge in [-0.1, -0.05) is 37.3 Å². The zero-order valence-electron chi connectivity index (χ0n) is 13.7. The molecule has 0 saturated carbocycles. The van der Waals surface area contributed by atoms with E-state index in [1.54, 1.807) is 49.4 Å². The van der Waals surface area contributed by atoms with E-state index in [1.807, 2.05) is 0 Å². The number of aromatic nitrogens is 2. The number of hydrogen-bond acceptors (Lipinski definition) is 3. The van der Waals surface area contributed by atoms with Gasteiger partial charge >= 0.3 is 6.18 Å². The van der Waals surface area contributed by atoms with Gasteiger partial charge in [-0.25, -0.2) is 12.4 Å². The van der Waals surface area contributed by atoms with Crippen molar-refractivity contribution in [3.8, 4) is 11.3 Å². The standard InChI is InChI=1S/C18H15F3N2O2S/c1-2-15-8-9-17(13-6-4-3-5-7-13)23(15)26(24,25)16-10-14(11-22-12-16)18(19,20)21/h3-12H,2H2,1H3. The van der Waals surface area contributed by atoms with E-state index in [4.69, 9.17) is 0 Å². The highest BCUT2D eigenvalue weighted by molar-refractivity contribution is 7.90. The Balaban J connectivity index is 2.22. The Labute approximate surface area is 149 Å². The van der Waals surface area contributed by atoms with Gasteiger partial charge in [-0.05, 0) is 30.2 Å². The molecule has 0 aliphatic carbocycles. The first-order valence-electron chi connectivity index (χ1n) is 7.79. The SMILES string of the molecule is CCc1ccc(-c2ccccc2)n1S(=O)(=O)c1cncc(C(F)(F)F)c1. The Morgan fingerprint density at radius 1 is 1.04 bits per heavy atom. The van der Waals surface area contributed by atoms with Gasteiger partial charge in [-0.15, -0.1) is 0 Å². The Morgan fingerprint density at radius 3 is 2.35 bits per heavy atom. The highest BCUT2D eigenvalue weighted by Gasteiger charge is 2.33. The zero-order valence-corrected chi connectivity index (χ0v) is 14.6. The van der Waals surface area contributed by atoms with Crippen LogP contribution in [-0.4, -0.2) is 17.4 Å². The molecule has 0 N–H and O–H groups in total. The molecule has 3 aromatic rings. The summed E-state index contributed by atoms with van der Waals surface area (Å²) in [5.74, 6) is 0. The molecule has 26 heavy (non-hydrogen) atoms. The summed E-state index contributed by atoms with van der Waals surface area (Å²) in [5.41, 5.74) is 0.405. The van der Waals surface area contributed by atoms with Gasteiger partial charge in [-0.3, -0.25) is 4.98 Å². The van der Waals surface area contributed by atoms with Gasteiger partial charge in [0.1, 0.15) is 4.90 Å². The van der Waals surface area contributed by atoms with Crippen LogP contribution in [-0.2, 0) is 22.6 Å². The monoisotopic (exact) mass is 380 g/mol. The molecule has 1 aromatic carbocycles. The average molecular weight is 380 g/mol. The zero-order chi connectivity index (χ0) is 18.9. The van der Waals surface area contributed by atoms with Crippen LogP contribution in [0.2, 0.25) is 0 Å². The fraction of sp³-hybridized carbons (Fsp3) is 0.167. The third-order valence-corrected chi connectivity index (χ3v) is 5.65. The molecule has 136 valence electrons. The van der Waals surface area contributed by atoms with Crippen molar-refractivity contribution in [2.24, 2.45) is 0 Å². The van der Waals surface area contributed by atoms with E-state index in [2.05, 4.69) is 4.98 Å². The maximum absolute atomic E-state index is 13.1. The van der Waals surface area contributed by atoms with Crippen molar-refractivity contribution >= 4 is 10.0 Å². The van der Waals surface area contributed by atoms with Gasteiger partial charge in [-0.2, -0.15) is 13.2 Å². The molecule has 3 rings (SSSR count). The number of rotatable bonds is 4. The van der Waals surface area contributed by atoms with Gasteiger partial charge < -0.3 is 0 Å². The Morgan fingerprint density at radius 2 is 1.73 bits per heavy atom. The summed E-state index contributed by atoms with van der Waals surface area (Å²) < 4.78 is 66.1. The number of aryl methyl sites for hydroxylation is 1. The van der Waals surface area contributed by atoms with E-state index in [-0.39, 0.29) is 0 Å². The van der Waals surface area contributed by atoms with Crippen molar-refractivity contribution in [3.05, 3.63) is 72.2 Å². The number of nitrogens with zero attached hydrogens (tertiary/aromatic N) is 2. The highest BCUT2D eigenvalue weighted by atomic mass is 32.2. The van der Waals surface area contributed by atoms with Crippen LogP contribution in [0.4, 0.5) is 13.2 Å². The lowest BCUT2D eigenvalue weighted by molar-refractivity contribution is -0.138. The molecular weight excluding hydrogens is 365 g/mol. The summed E-state index contributed by atoms with van der Waals surface area (Å²) in [6.07, 6.45) is -2.74. The second kappa shape index (κ2) is 6.60. The summed E-state index contributed by atoms with van der Waals surface area (Å²) in [4.78, 5) is 2.97. The summed E-state index contributed by atoms with van der Waals surface area (Å²) in [6, 6.07) is 12.7. The smallest absolute Gasteiger partial charge is 0.263 e. The van der Waals surface area contributed by atoms with Crippen LogP contribution in [0.15, 0.2) is 65.8 Å². The van der Waals surface area contributed by atoms with E-state index >= 15 is 0 Å². The third-order valence-electron chi connectivity index (χ3n) is 3.92. The number of hydrogen-bond donors (Lipinski definition) is 0. The predicted molar refractivity (Wildman–Crippen MR) is 91.1 cm³/mol. The molecule has 0 bridgehead atoms. The van der Waals surface area contributed by atoms with Crippen LogP contribution < -0.4 is 0 Å². The summed E-state index contributed by atoms with van der Waals surface area (Å²) >= 11 is 0. The molecule has 0 radical (unpaired) electrons. The highest BCUT2D eigenvalue weighted by Crippen LogP contribution is 2.32. The Kier molecular flexibility index (Phi) is 4.62. The molecule has 0 amide bonds. The maximum atomic E-state index is 13.1. The summed E-state index contributed by atoms with van der Waals surface area (Å²) in [7, 11) is -4.25. The fourth-order valence-electron chi connectivity index (χ4n) is 2.65. The van der Waals surface area contributed by atoms with Crippen molar-refractivity contribution in [1.29, 1.82) is 0 Å². The Bertz CT molecular complexity index is 1030. The molecule has 2 heterocycles. The van der Waals surface area contributed by atoms with Crippen LogP contribution in [0.25, 0.3) is 11.3 Å². The van der Waals surface area contributed by atoms with Crippen LogP contribution in [0, 0.1) is 0 Å². The van der Waals surface area contributed by atoms with Crippen LogP contribution in [0.1, 0.15) is 18.2 Å². The fourth-order valence-corrected chi connectivity index (χ4v) is 4.26. The second-order valence-electron chi connectivity index (χ2n) is 5.61. The maximum Gasteiger partial charge on any atom is 0.417 e. The number of alkyl halides is 3. The number of benzene rings is 1. The minimum absolute atomic E-state index is 0.389. The molecule has 0 atom stereocenters. The third kappa shape index (κ3) is 3.24. The minimum atomic E-state index is -4.68. The van der Waals surface area contributed by atoms with Gasteiger partial charge in [0.25, 0.3) is 10.0 Å². The van der Waals surface area contributed by atoms with E-state index in [0.717, 1.165) is 10.2 Å². The lowest BCUT2D eigenvalue weighted by atomic mass is 10.2. The number of halogens is 3. The largest absolute Gasteiger partial charge is 0.417 e. The van der Waals surface area contributed by atoms with Crippen molar-refractivity contribution in [1.82, 2.24) is 8.96 Å². The molecule has 0 aliphatic heterocycles. The molecule has 8 heteroatoms. The van der Waals surface area contributed by atoms with E-state index in [0.29, 0.717) is 35.6 Å². The lowest BCUT2D eigenvalue weighted by Crippen LogP contribution is -2.18. The van der Waals surface area contributed by atoms with Crippen LogP contribution in [0.5, 0.6) is 0 Å². The van der Waals surface area contributed by atoms with Crippen LogP contribution >= 0.6 is 0 Å². The molecule has 0 aliphatic rings. The predicted octanol–water partition coefficient (Wildman–Crippen LogP) is 4.37. The van der Waals surface area contributed by atoms with Crippen LogP contribution in [0.3, 0.4) is 0 Å². The van der Waals surface area contributed by atoms with Gasteiger partial charge in [0.15, 0.2) is 0 Å². The molecule has 0 unspecified atom stereocenters. The molecular formula is C18H15F3N2O2S. The van der Waals surface area contributed by atoms with E-state index in [9.17, 15) is 21.6 Å². The van der Waals surface area contributed by atoms with Gasteiger partial charge in [0.05, 0.1) is 11.3 Å². The van der Waals surface area contributed by atoms with Crippen molar-refractivity contribution in [3.63, 3.8) is 0 Å². The molecule has 0 spiro atoms. The van der Waals surface area contributed by atoms with Gasteiger partial charge in [0, 0.05) is 18.1 Å². The first-order valence-corrected chi connectivity index (χ1v) is 9.23. The average Bonchev–Trinajstić information content (AvgIpc) is 3.07. The summed E-state index contributed by atoms with van der Waals surface area (Å²) in [5, 5.41) is 0. The molecule has 0 saturated heterocycles. The Hall–Kier alpha value is -2.61. The van der Waals surface area contributed by atoms with Crippen molar-refractivity contribution in [2.45, 2.75) is 24.4 Å². The second-order valence-corrected chi connectivity index (χ2v) is 7.39. The normalized spacial score (nSPS) is 12.3. The van der Waals surface area contributed by atoms with Crippen molar-refractivity contribution in [2.75, 3.05) is 0 Å². The van der Waals surface area contributed by atoms with Gasteiger partial charge in [0.2, 0.25) is 0 Å². The first-order chi connectivity index (χ1) is 12.2. The first kappa shape index (κ1) is 18.2. The van der Waals surface area contributed by atoms with E-state index in [1.165, 1.54) is 0 Å². The quantitative estimate of drug-likeness (QED) is 0.675. The molecule has 2 aromatic heterocycles. The molecule has 4 nitrogen and oxygen atoms in total. The minimum Gasteiger partial charge on any atom is -0.263 e. The topological polar surface area (TPSA) is 52.0 Å².